The van der Waals surface area contributed by atoms with Gasteiger partial charge in [-0.25, -0.2) is 24.9 Å². The summed E-state index contributed by atoms with van der Waals surface area (Å²) >= 11 is 0. The number of aromatic nitrogens is 7. The van der Waals surface area contributed by atoms with Crippen LogP contribution < -0.4 is 21.2 Å². The van der Waals surface area contributed by atoms with Crippen molar-refractivity contribution in [3.05, 3.63) is 329 Å². The van der Waals surface area contributed by atoms with E-state index >= 15 is 0 Å². The molecule has 0 spiro atoms. The third-order valence-electron chi connectivity index (χ3n) is 19.1. The molecule has 0 saturated carbocycles. The van der Waals surface area contributed by atoms with Gasteiger partial charge < -0.3 is 18.3 Å². The zero-order chi connectivity index (χ0) is 58.7. The molecule has 2 aliphatic heterocycles. The second-order valence-corrected chi connectivity index (χ2v) is 23.9. The van der Waals surface area contributed by atoms with E-state index in [1.807, 2.05) is 0 Å². The van der Waals surface area contributed by atoms with Crippen LogP contribution in [0.3, 0.4) is 0 Å². The minimum atomic E-state index is -0.349. The highest BCUT2D eigenvalue weighted by atomic mass is 15.1. The van der Waals surface area contributed by atoms with Crippen molar-refractivity contribution in [2.75, 3.05) is 0 Å². The molecule has 4 aliphatic rings. The molecule has 0 radical (unpaired) electrons. The summed E-state index contributed by atoms with van der Waals surface area (Å²) in [7, 11) is 0. The van der Waals surface area contributed by atoms with Crippen LogP contribution in [0.5, 0.6) is 0 Å². The van der Waals surface area contributed by atoms with Gasteiger partial charge in [-0.05, 0) is 133 Å². The molecule has 9 heteroatoms. The van der Waals surface area contributed by atoms with Crippen molar-refractivity contribution >= 4 is 98.4 Å². The van der Waals surface area contributed by atoms with E-state index in [4.69, 9.17) is 24.9 Å². The van der Waals surface area contributed by atoms with Crippen LogP contribution >= 0.6 is 0 Å². The van der Waals surface area contributed by atoms with Crippen molar-refractivity contribution in [1.82, 2.24) is 33.2 Å². The lowest BCUT2D eigenvalue weighted by Crippen LogP contribution is -2.26. The lowest BCUT2D eigenvalue weighted by atomic mass is 9.88. The molecular formula is C81H49N9. The van der Waals surface area contributed by atoms with Crippen LogP contribution in [-0.4, -0.2) is 33.2 Å². The fourth-order valence-corrected chi connectivity index (χ4v) is 15.2. The maximum absolute atomic E-state index is 5.67. The van der Waals surface area contributed by atoms with Crippen LogP contribution in [0.15, 0.2) is 307 Å². The highest BCUT2D eigenvalue weighted by Gasteiger charge is 2.33. The average Bonchev–Trinajstić information content (AvgIpc) is 1.65. The van der Waals surface area contributed by atoms with Crippen LogP contribution in [0, 0.1) is 0 Å². The van der Waals surface area contributed by atoms with E-state index in [1.54, 1.807) is 0 Å². The predicted molar refractivity (Wildman–Crippen MR) is 364 cm³/mol. The normalized spacial score (nSPS) is 15.7. The molecule has 418 valence electrons. The zero-order valence-electron chi connectivity index (χ0n) is 48.3. The Morgan fingerprint density at radius 3 is 1.00 bits per heavy atom. The Bertz CT molecular complexity index is 6010. The van der Waals surface area contributed by atoms with Gasteiger partial charge in [0.15, 0.2) is 5.82 Å². The van der Waals surface area contributed by atoms with Crippen molar-refractivity contribution in [1.29, 1.82) is 0 Å². The number of hydrogen-bond donors (Lipinski definition) is 0. The standard InChI is InChI=1S/C81H49N9/c1-4-20-49(21-5-1)87-71-36-16-12-28-55(71)61-45-74-62(44-73(61)87)56-29-13-17-37-72(56)90(74)52-40-38-48(39-41-52)79-84-80(57-30-18-32-65-77(57)63-46-75-59(42-67(63)82-65)53-26-10-14-34-69(53)88(75)50-22-6-2-7-23-50)86-81(85-79)58-31-19-33-66-78(58)64-47-76-60(43-68(64)83-66)54-27-11-15-35-70(54)89(76)51-24-8-3-9-25-51/h1-47,57-58H. The van der Waals surface area contributed by atoms with Crippen molar-refractivity contribution < 1.29 is 0 Å². The number of para-hydroxylation sites is 7. The van der Waals surface area contributed by atoms with Crippen molar-refractivity contribution in [3.63, 3.8) is 0 Å². The molecule has 2 aliphatic carbocycles. The van der Waals surface area contributed by atoms with E-state index < -0.39 is 0 Å². The second-order valence-electron chi connectivity index (χ2n) is 23.9. The van der Waals surface area contributed by atoms with E-state index in [9.17, 15) is 0 Å². The SMILES string of the molecule is C1=CC(c2nc(-c3ccc(-n4c5ccccc5c5cc6c(cc54)c4ccccc4n6-c4ccccc4)cc3)nc(C3C=CC=C4N=c5cc6c7ccccc7n(-c7ccccc7)c6cc5=C43)n2)C2=c3cc4c(cc3=NC2=C1)c1ccccc1n4-c1ccccc1. The van der Waals surface area contributed by atoms with Gasteiger partial charge in [-0.3, -0.25) is 0 Å². The van der Waals surface area contributed by atoms with Gasteiger partial charge in [-0.2, -0.15) is 0 Å². The molecule has 5 aromatic heterocycles. The number of fused-ring (bicyclic) bond motifs is 16. The van der Waals surface area contributed by atoms with Crippen LogP contribution in [0.1, 0.15) is 23.5 Å². The lowest BCUT2D eigenvalue weighted by molar-refractivity contribution is 0.808. The number of benzene rings is 11. The van der Waals surface area contributed by atoms with Crippen LogP contribution in [0.25, 0.3) is 133 Å². The molecule has 9 nitrogen and oxygen atoms in total. The Labute approximate surface area is 514 Å². The minimum Gasteiger partial charge on any atom is -0.309 e. The summed E-state index contributed by atoms with van der Waals surface area (Å²) in [4.78, 5) is 27.6. The predicted octanol–water partition coefficient (Wildman–Crippen LogP) is 16.0. The summed E-state index contributed by atoms with van der Waals surface area (Å²) in [6.07, 6.45) is 13.0. The number of allylic oxidation sites excluding steroid dienone is 8. The fraction of sp³-hybridized carbons (Fsp3) is 0.0247. The second kappa shape index (κ2) is 18.7. The third kappa shape index (κ3) is 7.05. The molecule has 0 fully saturated rings. The van der Waals surface area contributed by atoms with Gasteiger partial charge in [-0.1, -0.05) is 152 Å². The zero-order valence-corrected chi connectivity index (χ0v) is 48.3. The molecule has 90 heavy (non-hydrogen) atoms. The van der Waals surface area contributed by atoms with E-state index in [2.05, 4.69) is 303 Å². The van der Waals surface area contributed by atoms with Gasteiger partial charge >= 0.3 is 0 Å². The summed E-state index contributed by atoms with van der Waals surface area (Å²) in [6.45, 7) is 0. The van der Waals surface area contributed by atoms with Crippen molar-refractivity contribution in [2.45, 2.75) is 11.8 Å². The molecule has 20 rings (SSSR count). The first kappa shape index (κ1) is 49.1. The lowest BCUT2D eigenvalue weighted by Gasteiger charge is -2.22. The average molecular weight is 1150 g/mol. The molecule has 0 amide bonds. The van der Waals surface area contributed by atoms with Crippen molar-refractivity contribution in [2.24, 2.45) is 9.98 Å². The highest BCUT2D eigenvalue weighted by Crippen LogP contribution is 2.43. The van der Waals surface area contributed by atoms with E-state index in [0.29, 0.717) is 17.5 Å². The van der Waals surface area contributed by atoms with Crippen LogP contribution in [0.4, 0.5) is 0 Å². The first-order valence-electron chi connectivity index (χ1n) is 30.7. The molecular weight excluding hydrogens is 1100 g/mol. The van der Waals surface area contributed by atoms with Gasteiger partial charge in [-0.15, -0.1) is 0 Å². The molecule has 16 aromatic rings. The topological polar surface area (TPSA) is 83.1 Å². The van der Waals surface area contributed by atoms with Gasteiger partial charge in [0.25, 0.3) is 0 Å². The number of nitrogens with zero attached hydrogens (tertiary/aromatic N) is 9. The first-order valence-corrected chi connectivity index (χ1v) is 30.7. The van der Waals surface area contributed by atoms with Gasteiger partial charge in [0.2, 0.25) is 0 Å². The number of hydrogen-bond acceptors (Lipinski definition) is 5. The third-order valence-corrected chi connectivity index (χ3v) is 19.1. The van der Waals surface area contributed by atoms with E-state index in [0.717, 1.165) is 116 Å². The Morgan fingerprint density at radius 1 is 0.278 bits per heavy atom. The minimum absolute atomic E-state index is 0.349. The molecule has 2 atom stereocenters. The molecule has 0 bridgehead atoms. The maximum atomic E-state index is 5.67. The Balaban J connectivity index is 0.791. The maximum Gasteiger partial charge on any atom is 0.163 e. The summed E-state index contributed by atoms with van der Waals surface area (Å²) in [5, 5.41) is 13.5. The molecule has 7 heterocycles. The fourth-order valence-electron chi connectivity index (χ4n) is 15.2. The van der Waals surface area contributed by atoms with Gasteiger partial charge in [0.1, 0.15) is 11.6 Å². The van der Waals surface area contributed by atoms with Gasteiger partial charge in [0, 0.05) is 93.0 Å². The molecule has 11 aromatic carbocycles. The smallest absolute Gasteiger partial charge is 0.163 e. The molecule has 0 saturated heterocycles. The number of rotatable bonds is 7. The summed E-state index contributed by atoms with van der Waals surface area (Å²) in [5.41, 5.74) is 18.4. The highest BCUT2D eigenvalue weighted by molar-refractivity contribution is 6.19. The Morgan fingerprint density at radius 2 is 0.611 bits per heavy atom. The van der Waals surface area contributed by atoms with Crippen LogP contribution in [0.2, 0.25) is 0 Å². The molecule has 2 unspecified atom stereocenters. The Kier molecular flexibility index (Phi) is 10.2. The van der Waals surface area contributed by atoms with E-state index in [-0.39, 0.29) is 11.8 Å². The van der Waals surface area contributed by atoms with Crippen molar-refractivity contribution in [3.8, 4) is 34.1 Å². The monoisotopic (exact) mass is 1150 g/mol. The largest absolute Gasteiger partial charge is 0.309 e. The summed E-state index contributed by atoms with van der Waals surface area (Å²) < 4.78 is 9.56. The first-order chi connectivity index (χ1) is 44.6. The summed E-state index contributed by atoms with van der Waals surface area (Å²) in [5.74, 6) is 1.21. The van der Waals surface area contributed by atoms with E-state index in [1.165, 1.54) is 43.4 Å². The Hall–Kier alpha value is -12.1. The van der Waals surface area contributed by atoms with Gasteiger partial charge in [0.05, 0.1) is 78.1 Å². The molecule has 0 N–H and O–H groups in total. The summed E-state index contributed by atoms with van der Waals surface area (Å²) in [6, 6.07) is 89.7. The quantitative estimate of drug-likeness (QED) is 0.159. The van der Waals surface area contributed by atoms with Crippen LogP contribution in [-0.2, 0) is 0 Å².